The van der Waals surface area contributed by atoms with Crippen LogP contribution in [0.5, 0.6) is 11.5 Å². The summed E-state index contributed by atoms with van der Waals surface area (Å²) in [7, 11) is 3.39. The highest BCUT2D eigenvalue weighted by molar-refractivity contribution is 5.82. The molecular weight excluding hydrogens is 428 g/mol. The Morgan fingerprint density at radius 3 is 2.68 bits per heavy atom. The number of hydrogen-bond donors (Lipinski definition) is 1. The van der Waals surface area contributed by atoms with Crippen LogP contribution in [0.2, 0.25) is 0 Å². The maximum absolute atomic E-state index is 13.5. The lowest BCUT2D eigenvalue weighted by molar-refractivity contribution is -0.126. The molecule has 5 rings (SSSR count). The number of rotatable bonds is 6. The zero-order valence-electron chi connectivity index (χ0n) is 19.6. The number of ether oxygens (including phenoxy) is 2. The number of aromatic nitrogens is 1. The van der Waals surface area contributed by atoms with Gasteiger partial charge in [0.15, 0.2) is 0 Å². The fraction of sp³-hybridized carbons (Fsp3) is 0.333. The lowest BCUT2D eigenvalue weighted by Gasteiger charge is -2.49. The van der Waals surface area contributed by atoms with Gasteiger partial charge in [0.2, 0.25) is 5.91 Å². The molecule has 7 nitrogen and oxygen atoms in total. The average molecular weight is 459 g/mol. The number of benzene rings is 2. The Labute approximate surface area is 200 Å². The first-order valence-electron chi connectivity index (χ1n) is 11.7. The number of carbonyl (C=O) groups excluding carboxylic acids is 1. The van der Waals surface area contributed by atoms with Crippen molar-refractivity contribution in [2.24, 2.45) is 5.92 Å². The molecular formula is C27H30N4O3. The van der Waals surface area contributed by atoms with Crippen LogP contribution in [-0.2, 0) is 17.8 Å². The zero-order valence-corrected chi connectivity index (χ0v) is 19.6. The van der Waals surface area contributed by atoms with Gasteiger partial charge in [-0.1, -0.05) is 24.3 Å². The third-order valence-corrected chi connectivity index (χ3v) is 6.86. The van der Waals surface area contributed by atoms with E-state index in [-0.39, 0.29) is 17.9 Å². The lowest BCUT2D eigenvalue weighted by Crippen LogP contribution is -2.61. The quantitative estimate of drug-likeness (QED) is 0.612. The van der Waals surface area contributed by atoms with Crippen LogP contribution in [0.25, 0.3) is 0 Å². The van der Waals surface area contributed by atoms with Crippen LogP contribution in [0.3, 0.4) is 0 Å². The monoisotopic (exact) mass is 458 g/mol. The number of carbonyl (C=O) groups is 1. The Bertz CT molecular complexity index is 1150. The number of anilines is 2. The van der Waals surface area contributed by atoms with E-state index in [1.165, 1.54) is 5.56 Å². The van der Waals surface area contributed by atoms with Crippen LogP contribution in [-0.4, -0.2) is 50.8 Å². The lowest BCUT2D eigenvalue weighted by atomic mass is 9.83. The molecule has 0 radical (unpaired) electrons. The molecule has 1 fully saturated rings. The number of amides is 1. The number of para-hydroxylation sites is 2. The predicted octanol–water partition coefficient (Wildman–Crippen LogP) is 3.28. The molecule has 34 heavy (non-hydrogen) atoms. The molecule has 7 heteroatoms. The average Bonchev–Trinajstić information content (AvgIpc) is 2.91. The second kappa shape index (κ2) is 9.63. The van der Waals surface area contributed by atoms with Gasteiger partial charge in [-0.15, -0.1) is 0 Å². The van der Waals surface area contributed by atoms with Gasteiger partial charge < -0.3 is 24.6 Å². The smallest absolute Gasteiger partial charge is 0.225 e. The molecule has 0 spiro atoms. The van der Waals surface area contributed by atoms with Gasteiger partial charge in [0, 0.05) is 37.6 Å². The Morgan fingerprint density at radius 2 is 1.88 bits per heavy atom. The van der Waals surface area contributed by atoms with Gasteiger partial charge in [0.05, 0.1) is 44.1 Å². The molecule has 3 heterocycles. The molecule has 0 saturated carbocycles. The summed E-state index contributed by atoms with van der Waals surface area (Å²) < 4.78 is 11.1. The van der Waals surface area contributed by atoms with E-state index >= 15 is 0 Å². The molecule has 2 atom stereocenters. The number of nitrogens with one attached hydrogen (secondary N) is 1. The van der Waals surface area contributed by atoms with Crippen molar-refractivity contribution < 1.29 is 14.3 Å². The molecule has 1 saturated heterocycles. The fourth-order valence-corrected chi connectivity index (χ4v) is 5.13. The van der Waals surface area contributed by atoms with Crippen molar-refractivity contribution in [3.8, 4) is 11.5 Å². The summed E-state index contributed by atoms with van der Waals surface area (Å²) in [5, 5.41) is 3.14. The Balaban J connectivity index is 1.44. The highest BCUT2D eigenvalue weighted by atomic mass is 16.5. The third-order valence-electron chi connectivity index (χ3n) is 6.86. The summed E-state index contributed by atoms with van der Waals surface area (Å²) >= 11 is 0. The van der Waals surface area contributed by atoms with E-state index in [0.29, 0.717) is 13.0 Å². The van der Waals surface area contributed by atoms with Crippen LogP contribution in [0.15, 0.2) is 66.9 Å². The van der Waals surface area contributed by atoms with E-state index in [4.69, 9.17) is 9.47 Å². The maximum atomic E-state index is 13.5. The van der Waals surface area contributed by atoms with Crippen LogP contribution in [0.4, 0.5) is 11.4 Å². The van der Waals surface area contributed by atoms with E-state index in [2.05, 4.69) is 38.3 Å². The largest absolute Gasteiger partial charge is 0.497 e. The summed E-state index contributed by atoms with van der Waals surface area (Å²) in [6.07, 6.45) is 2.44. The van der Waals surface area contributed by atoms with E-state index in [9.17, 15) is 4.79 Å². The predicted molar refractivity (Wildman–Crippen MR) is 133 cm³/mol. The number of hydrogen-bond acceptors (Lipinski definition) is 6. The highest BCUT2D eigenvalue weighted by Crippen LogP contribution is 2.40. The van der Waals surface area contributed by atoms with Crippen LogP contribution >= 0.6 is 0 Å². The maximum Gasteiger partial charge on any atom is 0.225 e. The molecule has 1 amide bonds. The second-order valence-corrected chi connectivity index (χ2v) is 8.72. The zero-order chi connectivity index (χ0) is 23.5. The van der Waals surface area contributed by atoms with Crippen molar-refractivity contribution in [3.05, 3.63) is 78.1 Å². The number of nitrogens with zero attached hydrogens (tertiary/aromatic N) is 3. The van der Waals surface area contributed by atoms with Gasteiger partial charge in [0.1, 0.15) is 11.5 Å². The number of methoxy groups -OCH3 is 2. The normalized spacial score (nSPS) is 19.1. The standard InChI is InChI=1S/C27H30N4O3/c1-33-21-11-10-19-15-22(27(32)29-17-20-7-5-6-12-28-20)25-18-30(13-14-31(25)24(19)16-21)23-8-3-4-9-26(23)34-2/h3-12,16,22,25H,13-15,17-18H2,1-2H3,(H,29,32). The topological polar surface area (TPSA) is 66.9 Å². The first-order chi connectivity index (χ1) is 16.7. The minimum absolute atomic E-state index is 0.0296. The van der Waals surface area contributed by atoms with Crippen molar-refractivity contribution in [3.63, 3.8) is 0 Å². The Morgan fingerprint density at radius 1 is 1.03 bits per heavy atom. The van der Waals surface area contributed by atoms with Gasteiger partial charge in [-0.25, -0.2) is 0 Å². The summed E-state index contributed by atoms with van der Waals surface area (Å²) in [4.78, 5) is 22.6. The molecule has 0 aliphatic carbocycles. The number of fused-ring (bicyclic) bond motifs is 3. The molecule has 1 N–H and O–H groups in total. The van der Waals surface area contributed by atoms with Gasteiger partial charge in [-0.05, 0) is 42.3 Å². The summed E-state index contributed by atoms with van der Waals surface area (Å²) in [6, 6.07) is 20.0. The number of pyridine rings is 1. The molecule has 176 valence electrons. The molecule has 2 aliphatic heterocycles. The van der Waals surface area contributed by atoms with Crippen LogP contribution in [0, 0.1) is 5.92 Å². The molecule has 3 aromatic rings. The van der Waals surface area contributed by atoms with Crippen LogP contribution in [0.1, 0.15) is 11.3 Å². The van der Waals surface area contributed by atoms with Crippen molar-refractivity contribution in [1.29, 1.82) is 0 Å². The molecule has 2 aliphatic rings. The van der Waals surface area contributed by atoms with Gasteiger partial charge in [0.25, 0.3) is 0 Å². The van der Waals surface area contributed by atoms with E-state index in [1.807, 2.05) is 42.5 Å². The third kappa shape index (κ3) is 4.25. The van der Waals surface area contributed by atoms with Gasteiger partial charge >= 0.3 is 0 Å². The second-order valence-electron chi connectivity index (χ2n) is 8.72. The summed E-state index contributed by atoms with van der Waals surface area (Å²) in [6.45, 7) is 2.82. The first kappa shape index (κ1) is 22.1. The molecule has 2 unspecified atom stereocenters. The number of piperazine rings is 1. The molecule has 1 aromatic heterocycles. The van der Waals surface area contributed by atoms with Crippen molar-refractivity contribution >= 4 is 17.3 Å². The van der Waals surface area contributed by atoms with Crippen molar-refractivity contribution in [1.82, 2.24) is 10.3 Å². The minimum atomic E-state index is -0.179. The minimum Gasteiger partial charge on any atom is -0.497 e. The Hall–Kier alpha value is -3.74. The van der Waals surface area contributed by atoms with E-state index in [1.54, 1.807) is 20.4 Å². The van der Waals surface area contributed by atoms with Gasteiger partial charge in [-0.3, -0.25) is 9.78 Å². The van der Waals surface area contributed by atoms with Crippen molar-refractivity contribution in [2.45, 2.75) is 19.0 Å². The Kier molecular flexibility index (Phi) is 6.25. The fourth-order valence-electron chi connectivity index (χ4n) is 5.13. The van der Waals surface area contributed by atoms with Crippen LogP contribution < -0.4 is 24.6 Å². The SMILES string of the molecule is COc1ccc2c(c1)N1CCN(c3ccccc3OC)CC1C(C(=O)NCc1ccccn1)C2. The summed E-state index contributed by atoms with van der Waals surface area (Å²) in [5.74, 6) is 1.57. The van der Waals surface area contributed by atoms with E-state index < -0.39 is 0 Å². The molecule has 2 aromatic carbocycles. The van der Waals surface area contributed by atoms with E-state index in [0.717, 1.165) is 48.2 Å². The summed E-state index contributed by atoms with van der Waals surface area (Å²) in [5.41, 5.74) is 4.26. The highest BCUT2D eigenvalue weighted by Gasteiger charge is 2.42. The molecule has 0 bridgehead atoms. The van der Waals surface area contributed by atoms with Crippen molar-refractivity contribution in [2.75, 3.05) is 43.7 Å². The first-order valence-corrected chi connectivity index (χ1v) is 11.7. The van der Waals surface area contributed by atoms with Gasteiger partial charge in [-0.2, -0.15) is 0 Å².